The first-order valence-corrected chi connectivity index (χ1v) is 11.3. The van der Waals surface area contributed by atoms with Gasteiger partial charge in [-0.1, -0.05) is 72.4 Å². The van der Waals surface area contributed by atoms with Crippen LogP contribution in [0.1, 0.15) is 12.5 Å². The van der Waals surface area contributed by atoms with Gasteiger partial charge >= 0.3 is 0 Å². The van der Waals surface area contributed by atoms with Crippen LogP contribution in [0.5, 0.6) is 5.75 Å². The molecule has 0 aliphatic rings. The summed E-state index contributed by atoms with van der Waals surface area (Å²) in [6, 6.07) is 27.2. The Kier molecular flexibility index (Phi) is 7.16. The number of carbonyl (C=O) groups is 1. The lowest BCUT2D eigenvalue weighted by Crippen LogP contribution is -2.21. The van der Waals surface area contributed by atoms with E-state index in [1.54, 1.807) is 7.11 Å². The molecule has 33 heavy (non-hydrogen) atoms. The second-order valence-electron chi connectivity index (χ2n) is 7.09. The molecular weight excluding hydrogens is 434 g/mol. The molecule has 0 aliphatic heterocycles. The zero-order valence-electron chi connectivity index (χ0n) is 18.3. The predicted octanol–water partition coefficient (Wildman–Crippen LogP) is 4.58. The fraction of sp³-hybridized carbons (Fsp3) is 0.120. The second kappa shape index (κ2) is 10.6. The van der Waals surface area contributed by atoms with Gasteiger partial charge in [-0.25, -0.2) is 5.43 Å². The van der Waals surface area contributed by atoms with Crippen molar-refractivity contribution >= 4 is 23.4 Å². The van der Waals surface area contributed by atoms with Crippen molar-refractivity contribution in [2.75, 3.05) is 12.9 Å². The van der Waals surface area contributed by atoms with E-state index in [0.29, 0.717) is 11.0 Å². The standard InChI is InChI=1S/C25H23N5O2S/c1-18(19-9-5-3-6-10-19)26-27-23(31)17-33-25-29-28-24(20-11-7-4-8-12-20)30(25)21-13-15-22(32-2)16-14-21/h3-16H,17H2,1-2H3,(H,27,31)/b26-18+. The Morgan fingerprint density at radius 2 is 1.64 bits per heavy atom. The zero-order chi connectivity index (χ0) is 23.0. The van der Waals surface area contributed by atoms with Gasteiger partial charge < -0.3 is 4.74 Å². The van der Waals surface area contributed by atoms with E-state index < -0.39 is 0 Å². The summed E-state index contributed by atoms with van der Waals surface area (Å²) in [6.07, 6.45) is 0. The molecule has 0 unspecified atom stereocenters. The maximum absolute atomic E-state index is 12.4. The van der Waals surface area contributed by atoms with Crippen LogP contribution in [-0.4, -0.2) is 39.2 Å². The van der Waals surface area contributed by atoms with Crippen LogP contribution in [0.25, 0.3) is 17.1 Å². The molecule has 0 atom stereocenters. The van der Waals surface area contributed by atoms with Gasteiger partial charge in [0.05, 0.1) is 18.6 Å². The minimum atomic E-state index is -0.221. The van der Waals surface area contributed by atoms with E-state index in [4.69, 9.17) is 4.74 Å². The third kappa shape index (κ3) is 5.48. The summed E-state index contributed by atoms with van der Waals surface area (Å²) in [4.78, 5) is 12.4. The van der Waals surface area contributed by atoms with Crippen LogP contribution < -0.4 is 10.2 Å². The number of hydrazone groups is 1. The lowest BCUT2D eigenvalue weighted by Gasteiger charge is -2.11. The van der Waals surface area contributed by atoms with Crippen LogP contribution in [0, 0.1) is 0 Å². The van der Waals surface area contributed by atoms with E-state index >= 15 is 0 Å². The van der Waals surface area contributed by atoms with Crippen molar-refractivity contribution in [3.63, 3.8) is 0 Å². The Hall–Kier alpha value is -3.91. The highest BCUT2D eigenvalue weighted by molar-refractivity contribution is 7.99. The third-order valence-corrected chi connectivity index (χ3v) is 5.80. The van der Waals surface area contributed by atoms with Crippen LogP contribution >= 0.6 is 11.8 Å². The summed E-state index contributed by atoms with van der Waals surface area (Å²) in [6.45, 7) is 1.86. The molecule has 0 aliphatic carbocycles. The van der Waals surface area contributed by atoms with Gasteiger partial charge in [0.15, 0.2) is 11.0 Å². The number of nitrogens with zero attached hydrogens (tertiary/aromatic N) is 4. The van der Waals surface area contributed by atoms with Gasteiger partial charge in [-0.15, -0.1) is 10.2 Å². The zero-order valence-corrected chi connectivity index (χ0v) is 19.1. The van der Waals surface area contributed by atoms with Crippen LogP contribution in [-0.2, 0) is 4.79 Å². The molecule has 1 aromatic heterocycles. The molecule has 0 saturated heterocycles. The smallest absolute Gasteiger partial charge is 0.250 e. The lowest BCUT2D eigenvalue weighted by atomic mass is 10.1. The fourth-order valence-corrected chi connectivity index (χ4v) is 3.90. The SMILES string of the molecule is COc1ccc(-n2c(SCC(=O)N/N=C(\C)c3ccccc3)nnc2-c2ccccc2)cc1. The highest BCUT2D eigenvalue weighted by Crippen LogP contribution is 2.28. The van der Waals surface area contributed by atoms with Crippen molar-refractivity contribution in [1.29, 1.82) is 0 Å². The molecule has 4 rings (SSSR count). The lowest BCUT2D eigenvalue weighted by molar-refractivity contribution is -0.118. The normalized spacial score (nSPS) is 11.3. The molecule has 0 bridgehead atoms. The summed E-state index contributed by atoms with van der Waals surface area (Å²) < 4.78 is 7.21. The first kappa shape index (κ1) is 22.3. The van der Waals surface area contributed by atoms with Crippen LogP contribution in [0.3, 0.4) is 0 Å². The highest BCUT2D eigenvalue weighted by Gasteiger charge is 2.17. The molecule has 0 fully saturated rings. The number of carbonyl (C=O) groups excluding carboxylic acids is 1. The Bertz CT molecular complexity index is 1240. The summed E-state index contributed by atoms with van der Waals surface area (Å²) in [5.41, 5.74) is 6.12. The molecule has 3 aromatic carbocycles. The van der Waals surface area contributed by atoms with Gasteiger partial charge in [-0.2, -0.15) is 5.10 Å². The molecular formula is C25H23N5O2S. The van der Waals surface area contributed by atoms with Gasteiger partial charge in [-0.05, 0) is 36.8 Å². The van der Waals surface area contributed by atoms with E-state index in [1.807, 2.05) is 96.4 Å². The average Bonchev–Trinajstić information content (AvgIpc) is 3.31. The molecule has 0 radical (unpaired) electrons. The molecule has 4 aromatic rings. The van der Waals surface area contributed by atoms with Crippen molar-refractivity contribution in [2.24, 2.45) is 5.10 Å². The monoisotopic (exact) mass is 457 g/mol. The number of rotatable bonds is 8. The molecule has 0 saturated carbocycles. The summed E-state index contributed by atoms with van der Waals surface area (Å²) in [7, 11) is 1.63. The number of hydrogen-bond acceptors (Lipinski definition) is 6. The van der Waals surface area contributed by atoms with Crippen molar-refractivity contribution < 1.29 is 9.53 Å². The van der Waals surface area contributed by atoms with Crippen LogP contribution in [0.15, 0.2) is 95.2 Å². The number of benzene rings is 3. The molecule has 1 heterocycles. The summed E-state index contributed by atoms with van der Waals surface area (Å²) in [5.74, 6) is 1.38. The molecule has 7 nitrogen and oxygen atoms in total. The topological polar surface area (TPSA) is 81.4 Å². The Morgan fingerprint density at radius 1 is 0.970 bits per heavy atom. The van der Waals surface area contributed by atoms with E-state index in [2.05, 4.69) is 20.7 Å². The van der Waals surface area contributed by atoms with Crippen molar-refractivity contribution in [2.45, 2.75) is 12.1 Å². The summed E-state index contributed by atoms with van der Waals surface area (Å²) in [5, 5.41) is 13.6. The Labute approximate surface area is 196 Å². The van der Waals surface area contributed by atoms with Gasteiger partial charge in [0.2, 0.25) is 0 Å². The fourth-order valence-electron chi connectivity index (χ4n) is 3.15. The van der Waals surface area contributed by atoms with E-state index in [9.17, 15) is 4.79 Å². The third-order valence-electron chi connectivity index (χ3n) is 4.87. The van der Waals surface area contributed by atoms with Crippen molar-refractivity contribution in [3.05, 3.63) is 90.5 Å². The molecule has 8 heteroatoms. The largest absolute Gasteiger partial charge is 0.497 e. The number of methoxy groups -OCH3 is 1. The minimum absolute atomic E-state index is 0.147. The predicted molar refractivity (Wildman–Crippen MR) is 131 cm³/mol. The number of hydrogen-bond donors (Lipinski definition) is 1. The maximum Gasteiger partial charge on any atom is 0.250 e. The molecule has 0 spiro atoms. The molecule has 1 amide bonds. The summed E-state index contributed by atoms with van der Waals surface area (Å²) >= 11 is 1.30. The number of amides is 1. The van der Waals surface area contributed by atoms with E-state index in [1.165, 1.54) is 11.8 Å². The second-order valence-corrected chi connectivity index (χ2v) is 8.04. The Morgan fingerprint density at radius 3 is 2.30 bits per heavy atom. The maximum atomic E-state index is 12.4. The number of nitrogens with one attached hydrogen (secondary N) is 1. The van der Waals surface area contributed by atoms with Gasteiger partial charge in [0, 0.05) is 11.3 Å². The van der Waals surface area contributed by atoms with E-state index in [-0.39, 0.29) is 11.7 Å². The first-order valence-electron chi connectivity index (χ1n) is 10.3. The van der Waals surface area contributed by atoms with Crippen LogP contribution in [0.2, 0.25) is 0 Å². The quantitative estimate of drug-likeness (QED) is 0.238. The van der Waals surface area contributed by atoms with Gasteiger partial charge in [0.1, 0.15) is 5.75 Å². The average molecular weight is 458 g/mol. The minimum Gasteiger partial charge on any atom is -0.497 e. The van der Waals surface area contributed by atoms with Crippen molar-refractivity contribution in [3.8, 4) is 22.8 Å². The Balaban J connectivity index is 1.53. The number of ether oxygens (including phenoxy) is 1. The van der Waals surface area contributed by atoms with E-state index in [0.717, 1.165) is 28.3 Å². The van der Waals surface area contributed by atoms with Gasteiger partial charge in [-0.3, -0.25) is 9.36 Å². The number of aromatic nitrogens is 3. The van der Waals surface area contributed by atoms with Crippen molar-refractivity contribution in [1.82, 2.24) is 20.2 Å². The number of thioether (sulfide) groups is 1. The van der Waals surface area contributed by atoms with Crippen LogP contribution in [0.4, 0.5) is 0 Å². The first-order chi connectivity index (χ1) is 16.2. The molecule has 166 valence electrons. The molecule has 1 N–H and O–H groups in total. The highest BCUT2D eigenvalue weighted by atomic mass is 32.2. The van der Waals surface area contributed by atoms with Gasteiger partial charge in [0.25, 0.3) is 5.91 Å².